The molecule has 1 heterocycles. The van der Waals surface area contributed by atoms with E-state index in [1.165, 1.54) is 63.7 Å². The Kier molecular flexibility index (Phi) is 6.81. The largest absolute Gasteiger partial charge is 0.375 e. The van der Waals surface area contributed by atoms with Crippen LogP contribution in [0.2, 0.25) is 0 Å². The first-order chi connectivity index (χ1) is 9.59. The Morgan fingerprint density at radius 1 is 0.952 bits per heavy atom. The van der Waals surface area contributed by atoms with Crippen LogP contribution in [0.25, 0.3) is 0 Å². The summed E-state index contributed by atoms with van der Waals surface area (Å²) in [6, 6.07) is 0. The zero-order valence-corrected chi connectivity index (χ0v) is 15.6. The van der Waals surface area contributed by atoms with Gasteiger partial charge in [0.05, 0.1) is 0 Å². The average molecular weight is 294 g/mol. The maximum absolute atomic E-state index is 4.34. The van der Waals surface area contributed by atoms with Crippen molar-refractivity contribution in [3.8, 4) is 0 Å². The Hall–Kier alpha value is -0.460. The van der Waals surface area contributed by atoms with Crippen molar-refractivity contribution in [1.82, 2.24) is 4.90 Å². The smallest absolute Gasteiger partial charge is 0.0177 e. The fourth-order valence-electron chi connectivity index (χ4n) is 3.38. The summed E-state index contributed by atoms with van der Waals surface area (Å²) in [5.74, 6) is 0.883. The number of unbranched alkanes of at least 4 members (excludes halogenated alkanes) is 2. The van der Waals surface area contributed by atoms with Gasteiger partial charge >= 0.3 is 0 Å². The molecule has 1 nitrogen and oxygen atoms in total. The summed E-state index contributed by atoms with van der Waals surface area (Å²) >= 11 is 0. The summed E-state index contributed by atoms with van der Waals surface area (Å²) in [5.41, 5.74) is 2.35. The molecule has 0 aliphatic carbocycles. The average Bonchev–Trinajstić information content (AvgIpc) is 2.36. The number of allylic oxidation sites excluding steroid dienone is 1. The van der Waals surface area contributed by atoms with Crippen molar-refractivity contribution in [2.24, 2.45) is 16.7 Å². The second-order valence-electron chi connectivity index (χ2n) is 9.31. The highest BCUT2D eigenvalue weighted by atomic mass is 15.1. The zero-order chi connectivity index (χ0) is 16.1. The minimum atomic E-state index is 0.473. The number of hydrogen-bond acceptors (Lipinski definition) is 1. The second-order valence-corrected chi connectivity index (χ2v) is 9.31. The lowest BCUT2D eigenvalue weighted by Gasteiger charge is -2.40. The van der Waals surface area contributed by atoms with Crippen molar-refractivity contribution in [1.29, 1.82) is 0 Å². The molecule has 0 aromatic heterocycles. The molecule has 0 radical (unpaired) electrons. The van der Waals surface area contributed by atoms with E-state index in [1.54, 1.807) is 0 Å². The fourth-order valence-corrected chi connectivity index (χ4v) is 3.38. The Labute approximate surface area is 134 Å². The monoisotopic (exact) mass is 293 g/mol. The fraction of sp³-hybridized carbons (Fsp3) is 0.900. The first-order valence-corrected chi connectivity index (χ1v) is 9.02. The molecule has 21 heavy (non-hydrogen) atoms. The van der Waals surface area contributed by atoms with Gasteiger partial charge in [0, 0.05) is 18.8 Å². The molecule has 0 bridgehead atoms. The Morgan fingerprint density at radius 2 is 1.52 bits per heavy atom. The third-order valence-electron chi connectivity index (χ3n) is 5.06. The Balaban J connectivity index is 2.17. The summed E-state index contributed by atoms with van der Waals surface area (Å²) < 4.78 is 0. The van der Waals surface area contributed by atoms with Crippen LogP contribution < -0.4 is 0 Å². The number of piperidine rings is 1. The summed E-state index contributed by atoms with van der Waals surface area (Å²) in [4.78, 5) is 2.55. The lowest BCUT2D eigenvalue weighted by atomic mass is 9.75. The van der Waals surface area contributed by atoms with Crippen molar-refractivity contribution in [2.75, 3.05) is 13.1 Å². The van der Waals surface area contributed by atoms with E-state index >= 15 is 0 Å². The second kappa shape index (κ2) is 7.70. The molecular weight excluding hydrogens is 254 g/mol. The van der Waals surface area contributed by atoms with Gasteiger partial charge in [-0.2, -0.15) is 0 Å². The van der Waals surface area contributed by atoms with Gasteiger partial charge in [0.15, 0.2) is 0 Å². The van der Waals surface area contributed by atoms with E-state index in [4.69, 9.17) is 0 Å². The molecule has 0 aromatic carbocycles. The summed E-state index contributed by atoms with van der Waals surface area (Å²) in [5, 5.41) is 0. The van der Waals surface area contributed by atoms with Crippen molar-refractivity contribution >= 4 is 0 Å². The van der Waals surface area contributed by atoms with Crippen molar-refractivity contribution in [2.45, 2.75) is 86.5 Å². The lowest BCUT2D eigenvalue weighted by Crippen LogP contribution is -2.37. The van der Waals surface area contributed by atoms with Gasteiger partial charge in [0.1, 0.15) is 0 Å². The van der Waals surface area contributed by atoms with Crippen LogP contribution in [0.1, 0.15) is 86.5 Å². The van der Waals surface area contributed by atoms with Crippen LogP contribution in [0.4, 0.5) is 0 Å². The van der Waals surface area contributed by atoms with E-state index in [2.05, 4.69) is 53.0 Å². The van der Waals surface area contributed by atoms with Crippen LogP contribution in [0.15, 0.2) is 12.3 Å². The standard InChI is InChI=1S/C20H39N/c1-17(11-9-8-10-14-19(2,3)4)21-15-12-18(13-16-21)20(5,6)7/h18H,1,8-16H2,2-7H3. The minimum Gasteiger partial charge on any atom is -0.375 e. The summed E-state index contributed by atoms with van der Waals surface area (Å²) in [6.07, 6.45) is 9.26. The molecule has 0 aromatic rings. The molecule has 0 spiro atoms. The molecule has 1 heteroatoms. The molecule has 1 aliphatic heterocycles. The molecule has 1 fully saturated rings. The minimum absolute atomic E-state index is 0.473. The van der Waals surface area contributed by atoms with E-state index in [-0.39, 0.29) is 0 Å². The van der Waals surface area contributed by atoms with Gasteiger partial charge in [-0.1, -0.05) is 61.0 Å². The molecule has 1 rings (SSSR count). The van der Waals surface area contributed by atoms with E-state index in [1.807, 2.05) is 0 Å². The van der Waals surface area contributed by atoms with Crippen molar-refractivity contribution in [3.63, 3.8) is 0 Å². The predicted molar refractivity (Wildman–Crippen MR) is 95.4 cm³/mol. The Bertz CT molecular complexity index is 308. The van der Waals surface area contributed by atoms with Gasteiger partial charge in [0.2, 0.25) is 0 Å². The summed E-state index contributed by atoms with van der Waals surface area (Å²) in [6.45, 7) is 21.0. The molecule has 124 valence electrons. The predicted octanol–water partition coefficient (Wildman–Crippen LogP) is 6.25. The van der Waals surface area contributed by atoms with Crippen LogP contribution in [0.5, 0.6) is 0 Å². The SMILES string of the molecule is C=C(CCCCCC(C)(C)C)N1CCC(C(C)(C)C)CC1. The van der Waals surface area contributed by atoms with Crippen LogP contribution >= 0.6 is 0 Å². The van der Waals surface area contributed by atoms with Crippen LogP contribution in [-0.2, 0) is 0 Å². The van der Waals surface area contributed by atoms with Gasteiger partial charge in [-0.3, -0.25) is 0 Å². The molecule has 0 saturated carbocycles. The first-order valence-electron chi connectivity index (χ1n) is 9.02. The first kappa shape index (κ1) is 18.6. The number of nitrogens with zero attached hydrogens (tertiary/aromatic N) is 1. The maximum Gasteiger partial charge on any atom is 0.0177 e. The number of rotatable bonds is 6. The van der Waals surface area contributed by atoms with Crippen molar-refractivity contribution < 1.29 is 0 Å². The molecule has 0 unspecified atom stereocenters. The Morgan fingerprint density at radius 3 is 2.00 bits per heavy atom. The quantitative estimate of drug-likeness (QED) is 0.523. The zero-order valence-electron chi connectivity index (χ0n) is 15.6. The highest BCUT2D eigenvalue weighted by Gasteiger charge is 2.28. The molecule has 0 N–H and O–H groups in total. The third kappa shape index (κ3) is 7.38. The molecule has 1 aliphatic rings. The van der Waals surface area contributed by atoms with Gasteiger partial charge in [-0.05, 0) is 48.9 Å². The molecule has 1 saturated heterocycles. The van der Waals surface area contributed by atoms with Crippen molar-refractivity contribution in [3.05, 3.63) is 12.3 Å². The van der Waals surface area contributed by atoms with E-state index in [0.717, 1.165) is 5.92 Å². The van der Waals surface area contributed by atoms with Crippen LogP contribution in [0, 0.1) is 16.7 Å². The molecular formula is C20H39N. The molecule has 0 amide bonds. The highest BCUT2D eigenvalue weighted by molar-refractivity contribution is 4.96. The number of likely N-dealkylation sites (tertiary alicyclic amines) is 1. The number of hydrogen-bond donors (Lipinski definition) is 0. The topological polar surface area (TPSA) is 3.24 Å². The molecule has 0 atom stereocenters. The maximum atomic E-state index is 4.34. The summed E-state index contributed by atoms with van der Waals surface area (Å²) in [7, 11) is 0. The highest BCUT2D eigenvalue weighted by Crippen LogP contribution is 2.35. The third-order valence-corrected chi connectivity index (χ3v) is 5.06. The van der Waals surface area contributed by atoms with Gasteiger partial charge in [-0.15, -0.1) is 0 Å². The van der Waals surface area contributed by atoms with Gasteiger partial charge in [-0.25, -0.2) is 0 Å². The van der Waals surface area contributed by atoms with Gasteiger partial charge < -0.3 is 4.90 Å². The van der Waals surface area contributed by atoms with E-state index < -0.39 is 0 Å². The van der Waals surface area contributed by atoms with E-state index in [0.29, 0.717) is 10.8 Å². The van der Waals surface area contributed by atoms with E-state index in [9.17, 15) is 0 Å². The van der Waals surface area contributed by atoms with Crippen LogP contribution in [0.3, 0.4) is 0 Å². The van der Waals surface area contributed by atoms with Crippen LogP contribution in [-0.4, -0.2) is 18.0 Å². The lowest BCUT2D eigenvalue weighted by molar-refractivity contribution is 0.130. The van der Waals surface area contributed by atoms with Gasteiger partial charge in [0.25, 0.3) is 0 Å². The normalized spacial score (nSPS) is 18.1.